The first-order valence-corrected chi connectivity index (χ1v) is 8.70. The molecule has 0 fully saturated rings. The average Bonchev–Trinajstić information content (AvgIpc) is 2.44. The molecule has 21 heavy (non-hydrogen) atoms. The average molecular weight is 314 g/mol. The van der Waals surface area contributed by atoms with E-state index in [2.05, 4.69) is 0 Å². The molecule has 0 aliphatic carbocycles. The minimum Gasteiger partial charge on any atom is -0.504 e. The van der Waals surface area contributed by atoms with E-state index in [0.717, 1.165) is 31.1 Å². The van der Waals surface area contributed by atoms with Crippen molar-refractivity contribution in [1.82, 2.24) is 0 Å². The van der Waals surface area contributed by atoms with Gasteiger partial charge in [-0.15, -0.1) is 0 Å². The van der Waals surface area contributed by atoms with Gasteiger partial charge in [0.2, 0.25) is 0 Å². The van der Waals surface area contributed by atoms with Crippen LogP contribution in [-0.2, 0) is 9.84 Å². The van der Waals surface area contributed by atoms with Gasteiger partial charge in [0, 0.05) is 12.0 Å². The van der Waals surface area contributed by atoms with Crippen LogP contribution in [0.3, 0.4) is 0 Å². The van der Waals surface area contributed by atoms with Crippen LogP contribution in [0.25, 0.3) is 6.08 Å². The van der Waals surface area contributed by atoms with E-state index in [1.54, 1.807) is 0 Å². The molecule has 0 aliphatic heterocycles. The highest BCUT2D eigenvalue weighted by Crippen LogP contribution is 2.25. The number of rotatable bonds is 9. The third kappa shape index (κ3) is 7.15. The van der Waals surface area contributed by atoms with Gasteiger partial charge in [-0.1, -0.05) is 25.3 Å². The number of hydrogen-bond donors (Lipinski definition) is 3. The smallest absolute Gasteiger partial charge is 0.171 e. The first-order chi connectivity index (χ1) is 9.94. The van der Waals surface area contributed by atoms with Crippen molar-refractivity contribution in [1.29, 1.82) is 0 Å². The normalized spacial score (nSPS) is 12.0. The first kappa shape index (κ1) is 17.5. The summed E-state index contributed by atoms with van der Waals surface area (Å²) >= 11 is 0. The molecule has 1 aromatic rings. The fraction of sp³-hybridized carbons (Fsp3) is 0.467. The Labute approximate surface area is 125 Å². The Morgan fingerprint density at radius 2 is 1.62 bits per heavy atom. The van der Waals surface area contributed by atoms with Gasteiger partial charge in [-0.05, 0) is 36.6 Å². The summed E-state index contributed by atoms with van der Waals surface area (Å²) in [6.45, 7) is 0.181. The quantitative estimate of drug-likeness (QED) is 0.480. The lowest BCUT2D eigenvalue weighted by Gasteiger charge is -2.01. The predicted octanol–water partition coefficient (Wildman–Crippen LogP) is 2.43. The number of aliphatic hydroxyl groups excluding tert-OH is 1. The van der Waals surface area contributed by atoms with Crippen molar-refractivity contribution in [3.05, 3.63) is 29.2 Å². The van der Waals surface area contributed by atoms with Crippen molar-refractivity contribution >= 4 is 15.9 Å². The van der Waals surface area contributed by atoms with Gasteiger partial charge in [-0.2, -0.15) is 0 Å². The molecule has 1 rings (SSSR count). The molecular weight excluding hydrogens is 292 g/mol. The van der Waals surface area contributed by atoms with Crippen molar-refractivity contribution in [2.75, 3.05) is 12.4 Å². The lowest BCUT2D eigenvalue weighted by Crippen LogP contribution is -2.02. The molecule has 0 saturated carbocycles. The lowest BCUT2D eigenvalue weighted by molar-refractivity contribution is 0.282. The summed E-state index contributed by atoms with van der Waals surface area (Å²) in [5, 5.41) is 28.3. The molecule has 118 valence electrons. The van der Waals surface area contributed by atoms with Crippen molar-refractivity contribution in [3.8, 4) is 11.5 Å². The minimum absolute atomic E-state index is 0.0900. The van der Waals surface area contributed by atoms with Crippen LogP contribution in [0.4, 0.5) is 0 Å². The van der Waals surface area contributed by atoms with Gasteiger partial charge >= 0.3 is 0 Å². The van der Waals surface area contributed by atoms with E-state index in [1.807, 2.05) is 0 Å². The number of phenolic OH excluding ortho intramolecular Hbond substituents is 2. The van der Waals surface area contributed by atoms with Crippen LogP contribution in [0.2, 0.25) is 0 Å². The summed E-state index contributed by atoms with van der Waals surface area (Å²) in [5.41, 5.74) is 0.511. The maximum absolute atomic E-state index is 11.8. The molecule has 0 unspecified atom stereocenters. The fourth-order valence-corrected chi connectivity index (χ4v) is 2.95. The van der Waals surface area contributed by atoms with E-state index in [-0.39, 0.29) is 23.9 Å². The van der Waals surface area contributed by atoms with Crippen molar-refractivity contribution in [2.45, 2.75) is 32.1 Å². The topological polar surface area (TPSA) is 94.8 Å². The molecule has 0 bridgehead atoms. The SMILES string of the molecule is O=S(=O)(/C=C/c1ccc(O)c(O)c1)CCCCCCCO. The molecule has 3 N–H and O–H groups in total. The highest BCUT2D eigenvalue weighted by Gasteiger charge is 2.06. The molecule has 0 atom stereocenters. The zero-order chi connectivity index (χ0) is 15.7. The maximum Gasteiger partial charge on any atom is 0.171 e. The van der Waals surface area contributed by atoms with E-state index >= 15 is 0 Å². The lowest BCUT2D eigenvalue weighted by atomic mass is 10.2. The zero-order valence-electron chi connectivity index (χ0n) is 11.9. The Balaban J connectivity index is 2.44. The maximum atomic E-state index is 11.8. The Morgan fingerprint density at radius 1 is 0.952 bits per heavy atom. The van der Waals surface area contributed by atoms with Crippen LogP contribution < -0.4 is 0 Å². The number of benzene rings is 1. The van der Waals surface area contributed by atoms with Gasteiger partial charge in [0.25, 0.3) is 0 Å². The standard InChI is InChI=1S/C15H22O5S/c16-9-4-2-1-3-5-10-21(19,20)11-8-13-6-7-14(17)15(18)12-13/h6-8,11-12,16-18H,1-5,9-10H2/b11-8+. The van der Waals surface area contributed by atoms with Crippen LogP contribution in [0.15, 0.2) is 23.6 Å². The van der Waals surface area contributed by atoms with E-state index in [0.29, 0.717) is 12.0 Å². The van der Waals surface area contributed by atoms with Crippen LogP contribution in [0.5, 0.6) is 11.5 Å². The largest absolute Gasteiger partial charge is 0.504 e. The predicted molar refractivity (Wildman–Crippen MR) is 82.8 cm³/mol. The van der Waals surface area contributed by atoms with Crippen LogP contribution in [0.1, 0.15) is 37.7 Å². The van der Waals surface area contributed by atoms with Gasteiger partial charge in [-0.3, -0.25) is 0 Å². The monoisotopic (exact) mass is 314 g/mol. The number of hydrogen-bond acceptors (Lipinski definition) is 5. The summed E-state index contributed by atoms with van der Waals surface area (Å²) in [6, 6.07) is 4.13. The van der Waals surface area contributed by atoms with Crippen LogP contribution in [-0.4, -0.2) is 36.1 Å². The van der Waals surface area contributed by atoms with Gasteiger partial charge < -0.3 is 15.3 Å². The Kier molecular flexibility index (Phi) is 7.25. The molecule has 0 aromatic heterocycles. The third-order valence-electron chi connectivity index (χ3n) is 3.05. The van der Waals surface area contributed by atoms with Crippen molar-refractivity contribution in [2.24, 2.45) is 0 Å². The third-order valence-corrected chi connectivity index (χ3v) is 4.46. The highest BCUT2D eigenvalue weighted by molar-refractivity contribution is 7.94. The molecule has 6 heteroatoms. The van der Waals surface area contributed by atoms with Gasteiger partial charge in [-0.25, -0.2) is 8.42 Å². The molecule has 5 nitrogen and oxygen atoms in total. The van der Waals surface area contributed by atoms with Crippen molar-refractivity contribution < 1.29 is 23.7 Å². The Hall–Kier alpha value is -1.53. The van der Waals surface area contributed by atoms with E-state index in [9.17, 15) is 13.5 Å². The second-order valence-corrected chi connectivity index (χ2v) is 6.92. The summed E-state index contributed by atoms with van der Waals surface area (Å²) in [4.78, 5) is 0. The van der Waals surface area contributed by atoms with Crippen molar-refractivity contribution in [3.63, 3.8) is 0 Å². The highest BCUT2D eigenvalue weighted by atomic mass is 32.2. The molecule has 0 amide bonds. The summed E-state index contributed by atoms with van der Waals surface area (Å²) in [5.74, 6) is -0.427. The number of unbranched alkanes of at least 4 members (excludes halogenated alkanes) is 4. The Morgan fingerprint density at radius 3 is 2.29 bits per heavy atom. The number of aromatic hydroxyl groups is 2. The Bertz CT molecular complexity index is 563. The summed E-state index contributed by atoms with van der Waals surface area (Å²) in [7, 11) is -3.27. The molecule has 0 radical (unpaired) electrons. The molecule has 1 aromatic carbocycles. The second kappa shape index (κ2) is 8.69. The van der Waals surface area contributed by atoms with E-state index in [4.69, 9.17) is 10.2 Å². The molecule has 0 saturated heterocycles. The number of phenols is 2. The second-order valence-electron chi connectivity index (χ2n) is 4.91. The fourth-order valence-electron chi connectivity index (χ4n) is 1.84. The summed E-state index contributed by atoms with van der Waals surface area (Å²) < 4.78 is 23.6. The summed E-state index contributed by atoms with van der Waals surface area (Å²) in [6.07, 6.45) is 5.42. The number of aliphatic hydroxyl groups is 1. The van der Waals surface area contributed by atoms with Gasteiger partial charge in [0.15, 0.2) is 21.3 Å². The van der Waals surface area contributed by atoms with E-state index < -0.39 is 9.84 Å². The minimum atomic E-state index is -3.27. The molecule has 0 spiro atoms. The number of sulfone groups is 1. The van der Waals surface area contributed by atoms with Crippen LogP contribution >= 0.6 is 0 Å². The molecule has 0 aliphatic rings. The zero-order valence-corrected chi connectivity index (χ0v) is 12.7. The molecular formula is C15H22O5S. The first-order valence-electron chi connectivity index (χ1n) is 6.98. The molecule has 0 heterocycles. The van der Waals surface area contributed by atoms with E-state index in [1.165, 1.54) is 24.3 Å². The van der Waals surface area contributed by atoms with Gasteiger partial charge in [0.1, 0.15) is 0 Å². The van der Waals surface area contributed by atoms with Crippen LogP contribution in [0, 0.1) is 0 Å². The van der Waals surface area contributed by atoms with Gasteiger partial charge in [0.05, 0.1) is 5.75 Å².